The van der Waals surface area contributed by atoms with Crippen molar-refractivity contribution in [3.63, 3.8) is 0 Å². The Morgan fingerprint density at radius 3 is 3.00 bits per heavy atom. The Balaban J connectivity index is 1.71. The van der Waals surface area contributed by atoms with Gasteiger partial charge in [0, 0.05) is 26.7 Å². The van der Waals surface area contributed by atoms with Crippen LogP contribution < -0.4 is 10.6 Å². The molecule has 0 aromatic heterocycles. The number of nitrogens with one attached hydrogen (secondary N) is 2. The van der Waals surface area contributed by atoms with E-state index in [1.54, 1.807) is 7.11 Å². The number of amides is 1. The van der Waals surface area contributed by atoms with Crippen molar-refractivity contribution in [1.29, 1.82) is 0 Å². The van der Waals surface area contributed by atoms with Crippen LogP contribution in [0.2, 0.25) is 0 Å². The second-order valence-electron chi connectivity index (χ2n) is 4.53. The maximum Gasteiger partial charge on any atom is 0.246 e. The fourth-order valence-electron chi connectivity index (χ4n) is 2.02. The zero-order chi connectivity index (χ0) is 13.5. The van der Waals surface area contributed by atoms with E-state index in [1.807, 2.05) is 0 Å². The van der Waals surface area contributed by atoms with E-state index in [4.69, 9.17) is 9.47 Å². The van der Waals surface area contributed by atoms with Gasteiger partial charge in [0.1, 0.15) is 6.61 Å². The molecule has 0 atom stereocenters. The maximum absolute atomic E-state index is 11.5. The number of hydrogen-bond donors (Lipinski definition) is 2. The lowest BCUT2D eigenvalue weighted by Crippen LogP contribution is -2.27. The zero-order valence-electron chi connectivity index (χ0n) is 11.2. The highest BCUT2D eigenvalue weighted by atomic mass is 16.5. The molecular weight excluding hydrogens is 244 g/mol. The van der Waals surface area contributed by atoms with E-state index in [-0.39, 0.29) is 12.5 Å². The van der Waals surface area contributed by atoms with Gasteiger partial charge in [0.05, 0.1) is 13.2 Å². The van der Waals surface area contributed by atoms with Gasteiger partial charge in [-0.15, -0.1) is 0 Å². The summed E-state index contributed by atoms with van der Waals surface area (Å²) in [7, 11) is 1.60. The Hall–Kier alpha value is -1.43. The molecule has 2 N–H and O–H groups in total. The molecule has 0 saturated carbocycles. The lowest BCUT2D eigenvalue weighted by molar-refractivity contribution is -0.126. The van der Waals surface area contributed by atoms with Crippen molar-refractivity contribution in [2.75, 3.05) is 26.9 Å². The van der Waals surface area contributed by atoms with Crippen LogP contribution >= 0.6 is 0 Å². The van der Waals surface area contributed by atoms with Crippen molar-refractivity contribution < 1.29 is 14.3 Å². The van der Waals surface area contributed by atoms with Gasteiger partial charge in [-0.05, 0) is 16.7 Å². The predicted octanol–water partition coefficient (Wildman–Crippen LogP) is 0.569. The average Bonchev–Trinajstić information content (AvgIpc) is 2.89. The Labute approximate surface area is 113 Å². The van der Waals surface area contributed by atoms with Crippen molar-refractivity contribution in [3.8, 4) is 0 Å². The first-order valence-electron chi connectivity index (χ1n) is 6.44. The molecule has 1 aromatic rings. The molecule has 1 aliphatic rings. The van der Waals surface area contributed by atoms with Crippen LogP contribution in [0, 0.1) is 0 Å². The van der Waals surface area contributed by atoms with Gasteiger partial charge in [0.2, 0.25) is 5.91 Å². The summed E-state index contributed by atoms with van der Waals surface area (Å²) in [4.78, 5) is 11.5. The molecule has 0 spiro atoms. The van der Waals surface area contributed by atoms with Crippen LogP contribution in [-0.4, -0.2) is 32.8 Å². The van der Waals surface area contributed by atoms with Gasteiger partial charge in [0.25, 0.3) is 0 Å². The first kappa shape index (κ1) is 14.0. The molecule has 19 heavy (non-hydrogen) atoms. The van der Waals surface area contributed by atoms with Crippen LogP contribution in [0.5, 0.6) is 0 Å². The van der Waals surface area contributed by atoms with Crippen molar-refractivity contribution in [3.05, 3.63) is 34.9 Å². The second-order valence-corrected chi connectivity index (χ2v) is 4.53. The Kier molecular flexibility index (Phi) is 5.32. The minimum atomic E-state index is -0.102. The summed E-state index contributed by atoms with van der Waals surface area (Å²) in [6.07, 6.45) is 0. The summed E-state index contributed by atoms with van der Waals surface area (Å²) in [6, 6.07) is 6.31. The smallest absolute Gasteiger partial charge is 0.246 e. The second kappa shape index (κ2) is 7.23. The summed E-state index contributed by atoms with van der Waals surface area (Å²) in [6.45, 7) is 3.42. The Morgan fingerprint density at radius 2 is 2.16 bits per heavy atom. The molecule has 0 saturated heterocycles. The van der Waals surface area contributed by atoms with E-state index in [0.29, 0.717) is 19.8 Å². The topological polar surface area (TPSA) is 59.6 Å². The van der Waals surface area contributed by atoms with E-state index in [9.17, 15) is 4.79 Å². The summed E-state index contributed by atoms with van der Waals surface area (Å²) < 4.78 is 9.98. The number of hydrogen-bond acceptors (Lipinski definition) is 4. The van der Waals surface area contributed by atoms with Crippen LogP contribution in [0.1, 0.15) is 16.7 Å². The highest BCUT2D eigenvalue weighted by Crippen LogP contribution is 2.16. The standard InChI is InChI=1S/C14H20N2O3/c1-18-4-5-19-10-14(17)16-7-11-2-3-12-8-15-9-13(12)6-11/h2-3,6,15H,4-5,7-10H2,1H3,(H,16,17). The molecule has 0 unspecified atom stereocenters. The van der Waals surface area contributed by atoms with Crippen LogP contribution in [0.15, 0.2) is 18.2 Å². The lowest BCUT2D eigenvalue weighted by atomic mass is 10.1. The summed E-state index contributed by atoms with van der Waals surface area (Å²) in [5, 5.41) is 6.14. The Bertz CT molecular complexity index is 435. The van der Waals surface area contributed by atoms with Crippen LogP contribution in [-0.2, 0) is 33.9 Å². The minimum Gasteiger partial charge on any atom is -0.382 e. The molecule has 1 amide bonds. The number of rotatable bonds is 7. The van der Waals surface area contributed by atoms with Crippen LogP contribution in [0.3, 0.4) is 0 Å². The van der Waals surface area contributed by atoms with Gasteiger partial charge >= 0.3 is 0 Å². The molecule has 0 fully saturated rings. The minimum absolute atomic E-state index is 0.0792. The third-order valence-electron chi connectivity index (χ3n) is 3.06. The zero-order valence-corrected chi connectivity index (χ0v) is 11.2. The molecule has 1 heterocycles. The molecule has 5 heteroatoms. The first-order valence-corrected chi connectivity index (χ1v) is 6.44. The van der Waals surface area contributed by atoms with E-state index < -0.39 is 0 Å². The summed E-state index contributed by atoms with van der Waals surface area (Å²) >= 11 is 0. The van der Waals surface area contributed by atoms with Crippen molar-refractivity contribution >= 4 is 5.91 Å². The number of ether oxygens (including phenoxy) is 2. The largest absolute Gasteiger partial charge is 0.382 e. The van der Waals surface area contributed by atoms with Gasteiger partial charge in [-0.3, -0.25) is 4.79 Å². The van der Waals surface area contributed by atoms with Crippen molar-refractivity contribution in [1.82, 2.24) is 10.6 Å². The highest BCUT2D eigenvalue weighted by Gasteiger charge is 2.10. The number of fused-ring (bicyclic) bond motifs is 1. The Morgan fingerprint density at radius 1 is 1.32 bits per heavy atom. The van der Waals surface area contributed by atoms with Gasteiger partial charge in [0.15, 0.2) is 0 Å². The van der Waals surface area contributed by atoms with Gasteiger partial charge in [-0.25, -0.2) is 0 Å². The first-order chi connectivity index (χ1) is 9.29. The monoisotopic (exact) mass is 264 g/mol. The van der Waals surface area contributed by atoms with Crippen molar-refractivity contribution in [2.45, 2.75) is 19.6 Å². The van der Waals surface area contributed by atoms with E-state index in [1.165, 1.54) is 11.1 Å². The predicted molar refractivity (Wildman–Crippen MR) is 71.5 cm³/mol. The maximum atomic E-state index is 11.5. The van der Waals surface area contributed by atoms with Gasteiger partial charge < -0.3 is 20.1 Å². The van der Waals surface area contributed by atoms with Crippen LogP contribution in [0.25, 0.3) is 0 Å². The molecule has 0 radical (unpaired) electrons. The molecule has 1 aliphatic heterocycles. The molecule has 0 bridgehead atoms. The fourth-order valence-corrected chi connectivity index (χ4v) is 2.02. The summed E-state index contributed by atoms with van der Waals surface area (Å²) in [5.41, 5.74) is 3.79. The lowest BCUT2D eigenvalue weighted by Gasteiger charge is -2.07. The quantitative estimate of drug-likeness (QED) is 0.707. The molecule has 2 rings (SSSR count). The fraction of sp³-hybridized carbons (Fsp3) is 0.500. The molecule has 0 aliphatic carbocycles. The van der Waals surface area contributed by atoms with Crippen molar-refractivity contribution in [2.24, 2.45) is 0 Å². The third-order valence-corrected chi connectivity index (χ3v) is 3.06. The van der Waals surface area contributed by atoms with E-state index in [2.05, 4.69) is 28.8 Å². The third kappa shape index (κ3) is 4.31. The highest BCUT2D eigenvalue weighted by molar-refractivity contribution is 5.77. The average molecular weight is 264 g/mol. The SMILES string of the molecule is COCCOCC(=O)NCc1ccc2c(c1)CNC2. The number of carbonyl (C=O) groups excluding carboxylic acids is 1. The van der Waals surface area contributed by atoms with Crippen LogP contribution in [0.4, 0.5) is 0 Å². The number of benzene rings is 1. The molecule has 1 aromatic carbocycles. The van der Waals surface area contributed by atoms with E-state index >= 15 is 0 Å². The van der Waals surface area contributed by atoms with E-state index in [0.717, 1.165) is 18.7 Å². The molecule has 5 nitrogen and oxygen atoms in total. The number of methoxy groups -OCH3 is 1. The summed E-state index contributed by atoms with van der Waals surface area (Å²) in [5.74, 6) is -0.102. The number of carbonyl (C=O) groups is 1. The molecular formula is C14H20N2O3. The van der Waals surface area contributed by atoms with Gasteiger partial charge in [-0.2, -0.15) is 0 Å². The van der Waals surface area contributed by atoms with Gasteiger partial charge in [-0.1, -0.05) is 18.2 Å². The molecule has 104 valence electrons. The normalized spacial score (nSPS) is 13.3.